The smallest absolute Gasteiger partial charge is 0.310 e. The van der Waals surface area contributed by atoms with Gasteiger partial charge >= 0.3 is 5.97 Å². The molecular weight excluding hydrogens is 234 g/mol. The zero-order valence-electron chi connectivity index (χ0n) is 11.2. The zero-order valence-corrected chi connectivity index (χ0v) is 11.2. The van der Waals surface area contributed by atoms with Crippen molar-refractivity contribution >= 4 is 11.9 Å². The standard InChI is InChI=1S/C13H19NO4/c1-5-9-8(2)6-10(18-9)11(15)14-7-13(3,4)12(16)17/h6H,5,7H2,1-4H3,(H,14,15)(H,16,17). The Kier molecular flexibility index (Phi) is 4.16. The second-order valence-electron chi connectivity index (χ2n) is 4.94. The number of carbonyl (C=O) groups is 2. The maximum absolute atomic E-state index is 11.8. The van der Waals surface area contributed by atoms with Gasteiger partial charge in [-0.05, 0) is 32.4 Å². The van der Waals surface area contributed by atoms with Crippen molar-refractivity contribution in [1.82, 2.24) is 5.32 Å². The van der Waals surface area contributed by atoms with Gasteiger partial charge in [-0.1, -0.05) is 6.92 Å². The summed E-state index contributed by atoms with van der Waals surface area (Å²) in [5.74, 6) is -0.331. The molecule has 0 saturated heterocycles. The minimum Gasteiger partial charge on any atom is -0.481 e. The summed E-state index contributed by atoms with van der Waals surface area (Å²) in [6.45, 7) is 6.99. The second-order valence-corrected chi connectivity index (χ2v) is 4.94. The highest BCUT2D eigenvalue weighted by Gasteiger charge is 2.28. The lowest BCUT2D eigenvalue weighted by Gasteiger charge is -2.18. The van der Waals surface area contributed by atoms with E-state index >= 15 is 0 Å². The SMILES string of the molecule is CCc1oc(C(=O)NCC(C)(C)C(=O)O)cc1C. The molecule has 0 unspecified atom stereocenters. The number of nitrogens with one attached hydrogen (secondary N) is 1. The molecule has 5 heteroatoms. The lowest BCUT2D eigenvalue weighted by atomic mass is 9.94. The highest BCUT2D eigenvalue weighted by Crippen LogP contribution is 2.16. The molecule has 100 valence electrons. The number of hydrogen-bond acceptors (Lipinski definition) is 3. The summed E-state index contributed by atoms with van der Waals surface area (Å²) in [5, 5.41) is 11.5. The van der Waals surface area contributed by atoms with Crippen LogP contribution in [0.25, 0.3) is 0 Å². The molecule has 0 fully saturated rings. The number of amides is 1. The van der Waals surface area contributed by atoms with Gasteiger partial charge in [-0.3, -0.25) is 9.59 Å². The Morgan fingerprint density at radius 3 is 2.50 bits per heavy atom. The van der Waals surface area contributed by atoms with Gasteiger partial charge in [0.25, 0.3) is 5.91 Å². The molecule has 0 atom stereocenters. The molecule has 0 aliphatic rings. The van der Waals surface area contributed by atoms with E-state index in [0.717, 1.165) is 17.7 Å². The Morgan fingerprint density at radius 1 is 1.44 bits per heavy atom. The third kappa shape index (κ3) is 3.12. The number of hydrogen-bond donors (Lipinski definition) is 2. The molecule has 0 aliphatic carbocycles. The summed E-state index contributed by atoms with van der Waals surface area (Å²) in [7, 11) is 0. The number of carboxylic acids is 1. The van der Waals surface area contributed by atoms with Gasteiger partial charge in [0.1, 0.15) is 5.76 Å². The maximum Gasteiger partial charge on any atom is 0.310 e. The van der Waals surface area contributed by atoms with Crippen molar-refractivity contribution in [3.63, 3.8) is 0 Å². The molecular formula is C13H19NO4. The molecule has 0 saturated carbocycles. The molecule has 2 N–H and O–H groups in total. The van der Waals surface area contributed by atoms with Gasteiger partial charge in [-0.2, -0.15) is 0 Å². The molecule has 1 aromatic rings. The largest absolute Gasteiger partial charge is 0.481 e. The van der Waals surface area contributed by atoms with E-state index < -0.39 is 11.4 Å². The van der Waals surface area contributed by atoms with E-state index in [1.807, 2.05) is 13.8 Å². The van der Waals surface area contributed by atoms with E-state index in [4.69, 9.17) is 9.52 Å². The van der Waals surface area contributed by atoms with Crippen LogP contribution in [0.15, 0.2) is 10.5 Å². The number of aliphatic carboxylic acids is 1. The van der Waals surface area contributed by atoms with Crippen LogP contribution < -0.4 is 5.32 Å². The van der Waals surface area contributed by atoms with Crippen molar-refractivity contribution in [3.8, 4) is 0 Å². The summed E-state index contributed by atoms with van der Waals surface area (Å²) in [4.78, 5) is 22.7. The Hall–Kier alpha value is -1.78. The Morgan fingerprint density at radius 2 is 2.06 bits per heavy atom. The van der Waals surface area contributed by atoms with Crippen LogP contribution in [0.2, 0.25) is 0 Å². The summed E-state index contributed by atoms with van der Waals surface area (Å²) < 4.78 is 5.39. The van der Waals surface area contributed by atoms with E-state index in [9.17, 15) is 9.59 Å². The third-order valence-corrected chi connectivity index (χ3v) is 2.84. The minimum atomic E-state index is -0.995. The monoisotopic (exact) mass is 253 g/mol. The van der Waals surface area contributed by atoms with Crippen LogP contribution in [0.4, 0.5) is 0 Å². The number of rotatable bonds is 5. The summed E-state index contributed by atoms with van der Waals surface area (Å²) >= 11 is 0. The van der Waals surface area contributed by atoms with Gasteiger partial charge in [0, 0.05) is 13.0 Å². The van der Waals surface area contributed by atoms with Crippen molar-refractivity contribution in [3.05, 3.63) is 23.2 Å². The zero-order chi connectivity index (χ0) is 13.9. The van der Waals surface area contributed by atoms with Crippen molar-refractivity contribution in [1.29, 1.82) is 0 Å². The van der Waals surface area contributed by atoms with Crippen LogP contribution in [-0.2, 0) is 11.2 Å². The average Bonchev–Trinajstić information content (AvgIpc) is 2.67. The van der Waals surface area contributed by atoms with E-state index in [0.29, 0.717) is 0 Å². The van der Waals surface area contributed by atoms with Crippen molar-refractivity contribution in [2.75, 3.05) is 6.54 Å². The van der Waals surface area contributed by atoms with Crippen LogP contribution >= 0.6 is 0 Å². The molecule has 0 bridgehead atoms. The molecule has 5 nitrogen and oxygen atoms in total. The molecule has 1 aromatic heterocycles. The van der Waals surface area contributed by atoms with Crippen LogP contribution in [0.5, 0.6) is 0 Å². The van der Waals surface area contributed by atoms with E-state index in [-0.39, 0.29) is 18.2 Å². The van der Waals surface area contributed by atoms with Crippen molar-refractivity contribution in [2.45, 2.75) is 34.1 Å². The molecule has 0 aromatic carbocycles. The van der Waals surface area contributed by atoms with Crippen LogP contribution in [0.3, 0.4) is 0 Å². The predicted molar refractivity (Wildman–Crippen MR) is 66.6 cm³/mol. The quantitative estimate of drug-likeness (QED) is 0.841. The molecule has 0 radical (unpaired) electrons. The van der Waals surface area contributed by atoms with Gasteiger partial charge in [0.2, 0.25) is 0 Å². The molecule has 1 amide bonds. The summed E-state index contributed by atoms with van der Waals surface area (Å²) in [6.07, 6.45) is 0.722. The van der Waals surface area contributed by atoms with Gasteiger partial charge in [-0.25, -0.2) is 0 Å². The number of carboxylic acid groups (broad SMARTS) is 1. The van der Waals surface area contributed by atoms with Gasteiger partial charge in [0.05, 0.1) is 5.41 Å². The number of carbonyl (C=O) groups excluding carboxylic acids is 1. The Bertz CT molecular complexity index is 460. The lowest BCUT2D eigenvalue weighted by Crippen LogP contribution is -2.38. The van der Waals surface area contributed by atoms with Crippen LogP contribution in [0, 0.1) is 12.3 Å². The number of furan rings is 1. The fourth-order valence-corrected chi connectivity index (χ4v) is 1.45. The Labute approximate surface area is 106 Å². The molecule has 1 rings (SSSR count). The highest BCUT2D eigenvalue weighted by atomic mass is 16.4. The topological polar surface area (TPSA) is 79.5 Å². The van der Waals surface area contributed by atoms with Crippen LogP contribution in [0.1, 0.15) is 42.6 Å². The Balaban J connectivity index is 2.69. The summed E-state index contributed by atoms with van der Waals surface area (Å²) in [5.41, 5.74) is -0.0645. The first-order chi connectivity index (χ1) is 8.27. The normalized spacial score (nSPS) is 11.3. The molecule has 0 aliphatic heterocycles. The second kappa shape index (κ2) is 5.25. The van der Waals surface area contributed by atoms with E-state index in [1.54, 1.807) is 19.9 Å². The first-order valence-electron chi connectivity index (χ1n) is 5.89. The van der Waals surface area contributed by atoms with E-state index in [1.165, 1.54) is 0 Å². The number of aryl methyl sites for hydroxylation is 2. The average molecular weight is 253 g/mol. The predicted octanol–water partition coefficient (Wildman–Crippen LogP) is 1.99. The van der Waals surface area contributed by atoms with Crippen LogP contribution in [-0.4, -0.2) is 23.5 Å². The first kappa shape index (κ1) is 14.3. The highest BCUT2D eigenvalue weighted by molar-refractivity contribution is 5.92. The summed E-state index contributed by atoms with van der Waals surface area (Å²) in [6, 6.07) is 1.67. The van der Waals surface area contributed by atoms with Gasteiger partial charge in [-0.15, -0.1) is 0 Å². The van der Waals surface area contributed by atoms with Gasteiger partial charge in [0.15, 0.2) is 5.76 Å². The maximum atomic E-state index is 11.8. The molecule has 1 heterocycles. The fraction of sp³-hybridized carbons (Fsp3) is 0.538. The molecule has 18 heavy (non-hydrogen) atoms. The van der Waals surface area contributed by atoms with Crippen molar-refractivity contribution < 1.29 is 19.1 Å². The third-order valence-electron chi connectivity index (χ3n) is 2.84. The fourth-order valence-electron chi connectivity index (χ4n) is 1.45. The van der Waals surface area contributed by atoms with Gasteiger partial charge < -0.3 is 14.8 Å². The van der Waals surface area contributed by atoms with E-state index in [2.05, 4.69) is 5.32 Å². The lowest BCUT2D eigenvalue weighted by molar-refractivity contribution is -0.146. The molecule has 0 spiro atoms. The first-order valence-corrected chi connectivity index (χ1v) is 5.89. The van der Waals surface area contributed by atoms with Crippen molar-refractivity contribution in [2.24, 2.45) is 5.41 Å². The minimum absolute atomic E-state index is 0.0579.